The molecule has 21 heavy (non-hydrogen) atoms. The molecule has 0 aliphatic heterocycles. The minimum absolute atomic E-state index is 0. The number of carbonyl (C=O) groups excluding carboxylic acids is 1. The van der Waals surface area contributed by atoms with E-state index in [4.69, 9.17) is 4.74 Å². The molecule has 0 bridgehead atoms. The summed E-state index contributed by atoms with van der Waals surface area (Å²) in [6, 6.07) is 7.86. The van der Waals surface area contributed by atoms with Crippen molar-refractivity contribution < 1.29 is 9.53 Å². The molecule has 1 saturated carbocycles. The van der Waals surface area contributed by atoms with Crippen LogP contribution in [-0.2, 0) is 4.79 Å². The summed E-state index contributed by atoms with van der Waals surface area (Å²) in [5, 5.41) is 6.20. The van der Waals surface area contributed by atoms with Crippen LogP contribution in [0.1, 0.15) is 38.3 Å². The number of rotatable bonds is 8. The summed E-state index contributed by atoms with van der Waals surface area (Å²) in [4.78, 5) is 11.8. The van der Waals surface area contributed by atoms with Gasteiger partial charge in [0.15, 0.2) is 0 Å². The first-order chi connectivity index (χ1) is 9.69. The van der Waals surface area contributed by atoms with Gasteiger partial charge in [-0.3, -0.25) is 4.79 Å². The van der Waals surface area contributed by atoms with Crippen LogP contribution in [0.5, 0.6) is 5.75 Å². The molecule has 1 unspecified atom stereocenters. The van der Waals surface area contributed by atoms with E-state index in [1.54, 1.807) is 0 Å². The van der Waals surface area contributed by atoms with Gasteiger partial charge in [0, 0.05) is 0 Å². The van der Waals surface area contributed by atoms with E-state index < -0.39 is 0 Å². The Kier molecular flexibility index (Phi) is 7.54. The van der Waals surface area contributed by atoms with Gasteiger partial charge in [-0.05, 0) is 56.8 Å². The van der Waals surface area contributed by atoms with E-state index in [2.05, 4.69) is 10.6 Å². The fourth-order valence-corrected chi connectivity index (χ4v) is 2.13. The molecule has 1 amide bonds. The van der Waals surface area contributed by atoms with Crippen LogP contribution in [-0.4, -0.2) is 25.6 Å². The summed E-state index contributed by atoms with van der Waals surface area (Å²) in [6.45, 7) is 5.95. The predicted octanol–water partition coefficient (Wildman–Crippen LogP) is 2.68. The first kappa shape index (κ1) is 17.8. The van der Waals surface area contributed by atoms with Crippen LogP contribution in [0.4, 0.5) is 0 Å². The molecule has 1 fully saturated rings. The molecule has 2 N–H and O–H groups in total. The lowest BCUT2D eigenvalue weighted by Gasteiger charge is -2.15. The van der Waals surface area contributed by atoms with Crippen molar-refractivity contribution >= 4 is 18.3 Å². The van der Waals surface area contributed by atoms with Crippen molar-refractivity contribution in [1.29, 1.82) is 0 Å². The van der Waals surface area contributed by atoms with Gasteiger partial charge in [-0.2, -0.15) is 0 Å². The summed E-state index contributed by atoms with van der Waals surface area (Å²) in [5.74, 6) is 1.68. The maximum Gasteiger partial charge on any atom is 0.234 e. The summed E-state index contributed by atoms with van der Waals surface area (Å²) in [5.41, 5.74) is 1.06. The molecule has 0 spiro atoms. The van der Waals surface area contributed by atoms with Crippen molar-refractivity contribution in [2.45, 2.75) is 32.7 Å². The molecule has 1 aromatic carbocycles. The van der Waals surface area contributed by atoms with Crippen molar-refractivity contribution in [1.82, 2.24) is 10.6 Å². The minimum Gasteiger partial charge on any atom is -0.494 e. The average Bonchev–Trinajstić information content (AvgIpc) is 3.23. The maximum atomic E-state index is 11.8. The molecule has 2 rings (SSSR count). The summed E-state index contributed by atoms with van der Waals surface area (Å²) < 4.78 is 5.47. The highest BCUT2D eigenvalue weighted by molar-refractivity contribution is 5.85. The molecular weight excluding hydrogens is 288 g/mol. The zero-order valence-electron chi connectivity index (χ0n) is 12.7. The second kappa shape index (κ2) is 8.90. The van der Waals surface area contributed by atoms with Gasteiger partial charge < -0.3 is 15.4 Å². The molecule has 0 saturated heterocycles. The van der Waals surface area contributed by atoms with Crippen molar-refractivity contribution in [3.8, 4) is 5.75 Å². The normalized spacial score (nSPS) is 15.0. The van der Waals surface area contributed by atoms with Gasteiger partial charge in [0.1, 0.15) is 5.75 Å². The number of carbonyl (C=O) groups is 1. The summed E-state index contributed by atoms with van der Waals surface area (Å²) >= 11 is 0. The Hall–Kier alpha value is -1.26. The van der Waals surface area contributed by atoms with E-state index in [0.717, 1.165) is 23.8 Å². The standard InChI is InChI=1S/C16H24N2O2.ClH/c1-3-20-15-6-4-5-14(9-15)12(2)18-16(19)11-17-10-13-7-8-13;/h4-6,9,12-13,17H,3,7-8,10-11H2,1-2H3,(H,18,19);1H. The van der Waals surface area contributed by atoms with Crippen molar-refractivity contribution in [3.05, 3.63) is 29.8 Å². The Morgan fingerprint density at radius 2 is 2.19 bits per heavy atom. The van der Waals surface area contributed by atoms with Crippen LogP contribution in [0.15, 0.2) is 24.3 Å². The van der Waals surface area contributed by atoms with E-state index in [1.165, 1.54) is 12.8 Å². The number of hydrogen-bond acceptors (Lipinski definition) is 3. The molecule has 1 aromatic rings. The Labute approximate surface area is 133 Å². The van der Waals surface area contributed by atoms with E-state index >= 15 is 0 Å². The third kappa shape index (κ3) is 6.36. The highest BCUT2D eigenvalue weighted by atomic mass is 35.5. The molecule has 118 valence electrons. The molecule has 5 heteroatoms. The van der Waals surface area contributed by atoms with Crippen molar-refractivity contribution in [2.24, 2.45) is 5.92 Å². The molecule has 0 heterocycles. The molecule has 1 atom stereocenters. The number of amides is 1. The highest BCUT2D eigenvalue weighted by Crippen LogP contribution is 2.27. The van der Waals surface area contributed by atoms with Crippen molar-refractivity contribution in [3.63, 3.8) is 0 Å². The fourth-order valence-electron chi connectivity index (χ4n) is 2.13. The van der Waals surface area contributed by atoms with Gasteiger partial charge >= 0.3 is 0 Å². The topological polar surface area (TPSA) is 50.4 Å². The van der Waals surface area contributed by atoms with Gasteiger partial charge in [0.2, 0.25) is 5.91 Å². The third-order valence-corrected chi connectivity index (χ3v) is 3.46. The Bertz CT molecular complexity index is 450. The first-order valence-corrected chi connectivity index (χ1v) is 7.42. The second-order valence-electron chi connectivity index (χ2n) is 5.37. The van der Waals surface area contributed by atoms with Crippen LogP contribution in [0.2, 0.25) is 0 Å². The van der Waals surface area contributed by atoms with Gasteiger partial charge in [0.25, 0.3) is 0 Å². The second-order valence-corrected chi connectivity index (χ2v) is 5.37. The smallest absolute Gasteiger partial charge is 0.234 e. The number of ether oxygens (including phenoxy) is 1. The first-order valence-electron chi connectivity index (χ1n) is 7.42. The van der Waals surface area contributed by atoms with E-state index in [9.17, 15) is 4.79 Å². The average molecular weight is 313 g/mol. The predicted molar refractivity (Wildman–Crippen MR) is 87.0 cm³/mol. The lowest BCUT2D eigenvalue weighted by molar-refractivity contribution is -0.120. The highest BCUT2D eigenvalue weighted by Gasteiger charge is 2.20. The van der Waals surface area contributed by atoms with E-state index in [-0.39, 0.29) is 24.4 Å². The van der Waals surface area contributed by atoms with Gasteiger partial charge in [-0.25, -0.2) is 0 Å². The quantitative estimate of drug-likeness (QED) is 0.776. The lowest BCUT2D eigenvalue weighted by Crippen LogP contribution is -2.36. The van der Waals surface area contributed by atoms with Gasteiger partial charge in [-0.1, -0.05) is 12.1 Å². The Balaban J connectivity index is 0.00000220. The zero-order chi connectivity index (χ0) is 14.4. The fraction of sp³-hybridized carbons (Fsp3) is 0.562. The number of halogens is 1. The zero-order valence-corrected chi connectivity index (χ0v) is 13.5. The molecule has 4 nitrogen and oxygen atoms in total. The number of benzene rings is 1. The SMILES string of the molecule is CCOc1cccc(C(C)NC(=O)CNCC2CC2)c1.Cl. The minimum atomic E-state index is -0.00867. The van der Waals surface area contributed by atoms with Gasteiger partial charge in [-0.15, -0.1) is 12.4 Å². The molecule has 1 aliphatic rings. The third-order valence-electron chi connectivity index (χ3n) is 3.46. The Morgan fingerprint density at radius 1 is 1.43 bits per heavy atom. The summed E-state index contributed by atoms with van der Waals surface area (Å²) in [6.07, 6.45) is 2.60. The van der Waals surface area contributed by atoms with Gasteiger partial charge in [0.05, 0.1) is 19.2 Å². The van der Waals surface area contributed by atoms with Crippen LogP contribution < -0.4 is 15.4 Å². The van der Waals surface area contributed by atoms with E-state index in [1.807, 2.05) is 38.1 Å². The number of nitrogens with one attached hydrogen (secondary N) is 2. The van der Waals surface area contributed by atoms with E-state index in [0.29, 0.717) is 13.2 Å². The van der Waals surface area contributed by atoms with Crippen molar-refractivity contribution in [2.75, 3.05) is 19.7 Å². The van der Waals surface area contributed by atoms with Crippen LogP contribution in [0, 0.1) is 5.92 Å². The Morgan fingerprint density at radius 3 is 2.86 bits per heavy atom. The largest absolute Gasteiger partial charge is 0.494 e. The maximum absolute atomic E-state index is 11.8. The van der Waals surface area contributed by atoms with Crippen LogP contribution >= 0.6 is 12.4 Å². The molecule has 0 aromatic heterocycles. The molecular formula is C16H25ClN2O2. The summed E-state index contributed by atoms with van der Waals surface area (Å²) in [7, 11) is 0. The van der Waals surface area contributed by atoms with Crippen LogP contribution in [0.3, 0.4) is 0 Å². The monoisotopic (exact) mass is 312 g/mol. The van der Waals surface area contributed by atoms with Crippen LogP contribution in [0.25, 0.3) is 0 Å². The molecule has 0 radical (unpaired) electrons. The molecule has 1 aliphatic carbocycles. The lowest BCUT2D eigenvalue weighted by atomic mass is 10.1. The number of hydrogen-bond donors (Lipinski definition) is 2.